The lowest BCUT2D eigenvalue weighted by Crippen LogP contribution is -2.25. The van der Waals surface area contributed by atoms with Gasteiger partial charge in [0.2, 0.25) is 0 Å². The summed E-state index contributed by atoms with van der Waals surface area (Å²) in [5.74, 6) is -0.847. The molecule has 1 unspecified atom stereocenters. The average Bonchev–Trinajstić information content (AvgIpc) is 3.02. The minimum Gasteiger partial charge on any atom is -0.463 e. The Morgan fingerprint density at radius 1 is 0.568 bits per heavy atom. The van der Waals surface area contributed by atoms with Crippen LogP contribution in [0.3, 0.4) is 0 Å². The van der Waals surface area contributed by atoms with Crippen molar-refractivity contribution in [1.29, 1.82) is 0 Å². The third-order valence-electron chi connectivity index (χ3n) is 6.82. The molecule has 0 aromatic rings. The Morgan fingerprint density at radius 3 is 1.55 bits per heavy atom. The van der Waals surface area contributed by atoms with E-state index in [1.807, 2.05) is 12.2 Å². The first kappa shape index (κ1) is 41.3. The molecule has 44 heavy (non-hydrogen) atoms. The van der Waals surface area contributed by atoms with Crippen molar-refractivity contribution in [3.8, 4) is 0 Å². The molecule has 6 heteroatoms. The summed E-state index contributed by atoms with van der Waals surface area (Å²) < 4.78 is 10.1. The highest BCUT2D eigenvalue weighted by Crippen LogP contribution is 2.11. The zero-order valence-corrected chi connectivity index (χ0v) is 27.8. The Labute approximate surface area is 268 Å². The summed E-state index contributed by atoms with van der Waals surface area (Å²) in [5, 5.41) is 20.0. The number of aliphatic hydroxyl groups is 2. The normalized spacial score (nSPS) is 13.8. The van der Waals surface area contributed by atoms with Crippen molar-refractivity contribution in [3.63, 3.8) is 0 Å². The van der Waals surface area contributed by atoms with E-state index in [2.05, 4.69) is 62.5 Å². The van der Waals surface area contributed by atoms with Gasteiger partial charge in [-0.3, -0.25) is 9.59 Å². The van der Waals surface area contributed by atoms with Gasteiger partial charge in [0, 0.05) is 12.8 Å². The molecule has 0 aliphatic heterocycles. The average molecular weight is 615 g/mol. The fraction of sp³-hybridized carbons (Fsp3) is 0.632. The summed E-state index contributed by atoms with van der Waals surface area (Å²) in [5.41, 5.74) is 0. The van der Waals surface area contributed by atoms with E-state index in [0.29, 0.717) is 6.42 Å². The molecule has 6 nitrogen and oxygen atoms in total. The number of unbranched alkanes of at least 4 members (excludes halogenated alkanes) is 9. The van der Waals surface area contributed by atoms with E-state index >= 15 is 0 Å². The van der Waals surface area contributed by atoms with E-state index in [0.717, 1.165) is 51.4 Å². The fourth-order valence-corrected chi connectivity index (χ4v) is 4.19. The van der Waals surface area contributed by atoms with Crippen LogP contribution >= 0.6 is 0 Å². The van der Waals surface area contributed by atoms with Crippen molar-refractivity contribution >= 4 is 11.9 Å². The van der Waals surface area contributed by atoms with Gasteiger partial charge in [0.05, 0.1) is 6.10 Å². The molecule has 0 aromatic heterocycles. The van der Waals surface area contributed by atoms with E-state index < -0.39 is 18.2 Å². The molecule has 0 aliphatic carbocycles. The third-order valence-corrected chi connectivity index (χ3v) is 6.82. The van der Waals surface area contributed by atoms with Crippen molar-refractivity contribution in [2.45, 2.75) is 142 Å². The molecular weight excluding hydrogens is 552 g/mol. The first-order chi connectivity index (χ1) is 21.5. The Bertz CT molecular complexity index is 851. The number of esters is 2. The fourth-order valence-electron chi connectivity index (χ4n) is 4.19. The lowest BCUT2D eigenvalue weighted by molar-refractivity contribution is -0.152. The summed E-state index contributed by atoms with van der Waals surface area (Å²) in [6.45, 7) is 3.93. The van der Waals surface area contributed by atoms with Crippen LogP contribution in [0.15, 0.2) is 72.9 Å². The van der Waals surface area contributed by atoms with Crippen LogP contribution in [0.1, 0.15) is 129 Å². The van der Waals surface area contributed by atoms with Gasteiger partial charge < -0.3 is 19.7 Å². The van der Waals surface area contributed by atoms with Gasteiger partial charge >= 0.3 is 11.9 Å². The largest absolute Gasteiger partial charge is 0.463 e. The van der Waals surface area contributed by atoms with Crippen molar-refractivity contribution in [3.05, 3.63) is 72.9 Å². The Kier molecular flexibility index (Phi) is 31.2. The summed E-state index contributed by atoms with van der Waals surface area (Å²) in [6, 6.07) is 0. The molecule has 0 bridgehead atoms. The molecule has 2 atom stereocenters. The van der Waals surface area contributed by atoms with Crippen molar-refractivity contribution in [1.82, 2.24) is 0 Å². The van der Waals surface area contributed by atoms with Gasteiger partial charge in [-0.15, -0.1) is 0 Å². The second-order valence-corrected chi connectivity index (χ2v) is 11.1. The van der Waals surface area contributed by atoms with Crippen LogP contribution in [0, 0.1) is 0 Å². The maximum atomic E-state index is 11.9. The molecule has 0 aliphatic rings. The van der Waals surface area contributed by atoms with Crippen LogP contribution in [-0.2, 0) is 19.1 Å². The number of carbonyl (C=O) groups excluding carboxylic acids is 2. The molecule has 0 saturated carbocycles. The smallest absolute Gasteiger partial charge is 0.305 e. The van der Waals surface area contributed by atoms with Gasteiger partial charge in [0.15, 0.2) is 0 Å². The van der Waals surface area contributed by atoms with Crippen LogP contribution in [0.2, 0.25) is 0 Å². The van der Waals surface area contributed by atoms with Gasteiger partial charge in [-0.2, -0.15) is 0 Å². The maximum Gasteiger partial charge on any atom is 0.305 e. The molecule has 0 radical (unpaired) electrons. The van der Waals surface area contributed by atoms with E-state index in [-0.39, 0.29) is 32.0 Å². The van der Waals surface area contributed by atoms with Crippen molar-refractivity contribution in [2.24, 2.45) is 0 Å². The molecule has 2 N–H and O–H groups in total. The Balaban J connectivity index is 3.76. The topological polar surface area (TPSA) is 93.1 Å². The van der Waals surface area contributed by atoms with Crippen molar-refractivity contribution in [2.75, 3.05) is 13.2 Å². The first-order valence-corrected chi connectivity index (χ1v) is 17.1. The number of carbonyl (C=O) groups is 2. The summed E-state index contributed by atoms with van der Waals surface area (Å²) in [4.78, 5) is 23.8. The number of allylic oxidation sites excluding steroid dienone is 11. The molecule has 0 amide bonds. The van der Waals surface area contributed by atoms with Crippen LogP contribution < -0.4 is 0 Å². The van der Waals surface area contributed by atoms with E-state index in [1.165, 1.54) is 44.9 Å². The monoisotopic (exact) mass is 614 g/mol. The SMILES string of the molecule is CC/C=C\C/C=C\C/C=C\C/C=C\C/C=C\C=C/C(O)CCC(=O)OC[C@H](O)COC(=O)CCCCCCCCCCCC. The summed E-state index contributed by atoms with van der Waals surface area (Å²) in [6.07, 6.45) is 40.0. The first-order valence-electron chi connectivity index (χ1n) is 17.1. The summed E-state index contributed by atoms with van der Waals surface area (Å²) in [7, 11) is 0. The third kappa shape index (κ3) is 32.2. The molecule has 0 saturated heterocycles. The number of rotatable bonds is 29. The minimum atomic E-state index is -1.06. The van der Waals surface area contributed by atoms with E-state index in [1.54, 1.807) is 12.2 Å². The molecule has 0 rings (SSSR count). The van der Waals surface area contributed by atoms with Gasteiger partial charge in [0.25, 0.3) is 0 Å². The number of aliphatic hydroxyl groups excluding tert-OH is 2. The van der Waals surface area contributed by atoms with Crippen LogP contribution in [0.5, 0.6) is 0 Å². The Hall–Kier alpha value is -2.70. The molecule has 0 heterocycles. The molecule has 0 aromatic carbocycles. The predicted octanol–water partition coefficient (Wildman–Crippen LogP) is 9.19. The van der Waals surface area contributed by atoms with Crippen LogP contribution in [-0.4, -0.2) is 47.6 Å². The van der Waals surface area contributed by atoms with Crippen LogP contribution in [0.25, 0.3) is 0 Å². The lowest BCUT2D eigenvalue weighted by Gasteiger charge is -2.12. The zero-order valence-electron chi connectivity index (χ0n) is 27.8. The zero-order chi connectivity index (χ0) is 32.4. The minimum absolute atomic E-state index is 0.0302. The molecule has 0 fully saturated rings. The second-order valence-electron chi connectivity index (χ2n) is 11.1. The molecule has 250 valence electrons. The molecule has 0 spiro atoms. The van der Waals surface area contributed by atoms with Gasteiger partial charge in [-0.05, 0) is 44.9 Å². The molecular formula is C38H62O6. The predicted molar refractivity (Wildman–Crippen MR) is 183 cm³/mol. The van der Waals surface area contributed by atoms with Gasteiger partial charge in [-0.1, -0.05) is 145 Å². The number of ether oxygens (including phenoxy) is 2. The Morgan fingerprint density at radius 2 is 1.02 bits per heavy atom. The highest BCUT2D eigenvalue weighted by Gasteiger charge is 2.13. The standard InChI is InChI=1S/C38H62O6/c1-3-5-7-9-11-13-15-16-17-18-19-20-21-23-25-27-29-35(39)31-32-38(42)44-34-36(40)33-43-37(41)30-28-26-24-22-14-12-10-8-6-4-2/h5,7,11,13,16-17,19-20,23,25,27,29,35-36,39-40H,3-4,6,8-10,12,14-15,18,21-22,24,26,28,30-34H2,1-2H3/b7-5-,13-11-,17-16-,20-19-,25-23-,29-27-/t35?,36-/m1/s1. The van der Waals surface area contributed by atoms with Crippen molar-refractivity contribution < 1.29 is 29.3 Å². The van der Waals surface area contributed by atoms with Crippen LogP contribution in [0.4, 0.5) is 0 Å². The highest BCUT2D eigenvalue weighted by molar-refractivity contribution is 5.69. The highest BCUT2D eigenvalue weighted by atomic mass is 16.6. The second kappa shape index (κ2) is 33.2. The van der Waals surface area contributed by atoms with Gasteiger partial charge in [0.1, 0.15) is 19.3 Å². The number of hydrogen-bond acceptors (Lipinski definition) is 6. The maximum absolute atomic E-state index is 11.9. The van der Waals surface area contributed by atoms with E-state index in [9.17, 15) is 19.8 Å². The van der Waals surface area contributed by atoms with Gasteiger partial charge in [-0.25, -0.2) is 0 Å². The van der Waals surface area contributed by atoms with E-state index in [4.69, 9.17) is 9.47 Å². The number of hydrogen-bond donors (Lipinski definition) is 2. The summed E-state index contributed by atoms with van der Waals surface area (Å²) >= 11 is 0. The lowest BCUT2D eigenvalue weighted by atomic mass is 10.1. The quantitative estimate of drug-likeness (QED) is 0.0378.